The highest BCUT2D eigenvalue weighted by Crippen LogP contribution is 2.20. The van der Waals surface area contributed by atoms with Crippen LogP contribution in [0.4, 0.5) is 4.39 Å². The molecule has 0 aromatic carbocycles. The molecule has 0 saturated carbocycles. The van der Waals surface area contributed by atoms with Gasteiger partial charge in [-0.3, -0.25) is 4.79 Å². The minimum Gasteiger partial charge on any atom is -0.481 e. The first-order valence-corrected chi connectivity index (χ1v) is 3.94. The summed E-state index contributed by atoms with van der Waals surface area (Å²) in [5.41, 5.74) is 0.000000000000000222. The number of hydrogen-bond donors (Lipinski definition) is 1. The summed E-state index contributed by atoms with van der Waals surface area (Å²) in [4.78, 5) is 13.8. The molecule has 5 heteroatoms. The molecular formula is C8H7ClFNO2. The van der Waals surface area contributed by atoms with E-state index in [1.54, 1.807) is 0 Å². The lowest BCUT2D eigenvalue weighted by Gasteiger charge is -2.06. The maximum Gasteiger partial charge on any atom is 0.310 e. The molecule has 70 valence electrons. The highest BCUT2D eigenvalue weighted by Gasteiger charge is 2.18. The van der Waals surface area contributed by atoms with Gasteiger partial charge in [0.15, 0.2) is 0 Å². The van der Waals surface area contributed by atoms with Crippen molar-refractivity contribution in [1.29, 1.82) is 0 Å². The number of hydrogen-bond acceptors (Lipinski definition) is 2. The maximum absolute atomic E-state index is 12.9. The Hall–Kier alpha value is -1.16. The lowest BCUT2D eigenvalue weighted by atomic mass is 10.0. The fraction of sp³-hybridized carbons (Fsp3) is 0.250. The van der Waals surface area contributed by atoms with Crippen molar-refractivity contribution >= 4 is 17.6 Å². The summed E-state index contributed by atoms with van der Waals surface area (Å²) >= 11 is 5.54. The van der Waals surface area contributed by atoms with Gasteiger partial charge in [0, 0.05) is 11.8 Å². The van der Waals surface area contributed by atoms with E-state index in [1.165, 1.54) is 13.0 Å². The number of carboxylic acid groups (broad SMARTS) is 1. The van der Waals surface area contributed by atoms with Crippen LogP contribution in [-0.4, -0.2) is 16.1 Å². The Balaban J connectivity index is 3.12. The Morgan fingerprint density at radius 2 is 2.38 bits per heavy atom. The number of nitrogens with zero attached hydrogens (tertiary/aromatic N) is 1. The maximum atomic E-state index is 12.9. The fourth-order valence-electron chi connectivity index (χ4n) is 0.875. The largest absolute Gasteiger partial charge is 0.481 e. The van der Waals surface area contributed by atoms with Gasteiger partial charge in [0.1, 0.15) is 0 Å². The van der Waals surface area contributed by atoms with Crippen molar-refractivity contribution in [3.8, 4) is 0 Å². The third-order valence-electron chi connectivity index (χ3n) is 1.67. The quantitative estimate of drug-likeness (QED) is 0.749. The van der Waals surface area contributed by atoms with Crippen LogP contribution in [0.3, 0.4) is 0 Å². The molecule has 0 aliphatic rings. The van der Waals surface area contributed by atoms with Crippen molar-refractivity contribution in [3.63, 3.8) is 0 Å². The third kappa shape index (κ3) is 2.15. The number of carboxylic acids is 1. The van der Waals surface area contributed by atoms with Gasteiger partial charge in [0.25, 0.3) is 0 Å². The molecule has 1 rings (SSSR count). The second kappa shape index (κ2) is 3.70. The summed E-state index contributed by atoms with van der Waals surface area (Å²) in [5, 5.41) is 8.84. The van der Waals surface area contributed by atoms with E-state index in [-0.39, 0.29) is 10.6 Å². The second-order valence-electron chi connectivity index (χ2n) is 2.59. The molecule has 0 bridgehead atoms. The first kappa shape index (κ1) is 9.92. The zero-order chi connectivity index (χ0) is 10.0. The number of carbonyl (C=O) groups is 1. The predicted octanol–water partition coefficient (Wildman–Crippen LogP) is 2.06. The molecule has 0 spiro atoms. The predicted molar refractivity (Wildman–Crippen MR) is 45.3 cm³/mol. The van der Waals surface area contributed by atoms with E-state index in [4.69, 9.17) is 16.7 Å². The summed E-state index contributed by atoms with van der Waals surface area (Å²) in [6, 6.07) is 1.27. The number of rotatable bonds is 2. The van der Waals surface area contributed by atoms with Crippen LogP contribution in [0.25, 0.3) is 0 Å². The normalized spacial score (nSPS) is 12.5. The monoisotopic (exact) mass is 203 g/mol. The third-order valence-corrected chi connectivity index (χ3v) is 1.88. The SMILES string of the molecule is CC(C(=O)O)c1cc(Cl)cnc1F. The molecule has 3 nitrogen and oxygen atoms in total. The Morgan fingerprint density at radius 3 is 2.92 bits per heavy atom. The van der Waals surface area contributed by atoms with Gasteiger partial charge in [-0.05, 0) is 13.0 Å². The van der Waals surface area contributed by atoms with Gasteiger partial charge in [-0.25, -0.2) is 4.98 Å². The molecule has 0 amide bonds. The van der Waals surface area contributed by atoms with Crippen molar-refractivity contribution in [1.82, 2.24) is 4.98 Å². The smallest absolute Gasteiger partial charge is 0.310 e. The zero-order valence-corrected chi connectivity index (χ0v) is 7.55. The van der Waals surface area contributed by atoms with E-state index < -0.39 is 17.8 Å². The van der Waals surface area contributed by atoms with Crippen LogP contribution >= 0.6 is 11.6 Å². The zero-order valence-electron chi connectivity index (χ0n) is 6.79. The van der Waals surface area contributed by atoms with Crippen LogP contribution in [0.1, 0.15) is 18.4 Å². The lowest BCUT2D eigenvalue weighted by Crippen LogP contribution is -2.10. The van der Waals surface area contributed by atoms with Gasteiger partial charge in [-0.2, -0.15) is 4.39 Å². The van der Waals surface area contributed by atoms with Crippen molar-refractivity contribution < 1.29 is 14.3 Å². The Bertz CT molecular complexity index is 343. The minimum absolute atomic E-state index is 0.000000000000000222. The lowest BCUT2D eigenvalue weighted by molar-refractivity contribution is -0.138. The topological polar surface area (TPSA) is 50.2 Å². The van der Waals surface area contributed by atoms with Crippen molar-refractivity contribution in [2.24, 2.45) is 0 Å². The summed E-state index contributed by atoms with van der Waals surface area (Å²) in [5.74, 6) is -2.84. The molecule has 0 aliphatic heterocycles. The average Bonchev–Trinajstić information content (AvgIpc) is 2.08. The van der Waals surface area contributed by atoms with Crippen LogP contribution in [0, 0.1) is 5.95 Å². The summed E-state index contributed by atoms with van der Waals surface area (Å²) < 4.78 is 12.9. The fourth-order valence-corrected chi connectivity index (χ4v) is 1.04. The molecule has 1 N–H and O–H groups in total. The summed E-state index contributed by atoms with van der Waals surface area (Å²) in [7, 11) is 0. The van der Waals surface area contributed by atoms with Crippen molar-refractivity contribution in [3.05, 3.63) is 28.8 Å². The molecule has 0 radical (unpaired) electrons. The average molecular weight is 204 g/mol. The molecule has 0 aliphatic carbocycles. The summed E-state index contributed by atoms with van der Waals surface area (Å²) in [6.07, 6.45) is 1.13. The van der Waals surface area contributed by atoms with E-state index in [0.717, 1.165) is 6.20 Å². The highest BCUT2D eigenvalue weighted by molar-refractivity contribution is 6.30. The van der Waals surface area contributed by atoms with E-state index in [2.05, 4.69) is 4.98 Å². The van der Waals surface area contributed by atoms with Gasteiger partial charge >= 0.3 is 5.97 Å². The number of aliphatic carboxylic acids is 1. The molecule has 1 aromatic heterocycles. The van der Waals surface area contributed by atoms with Crippen LogP contribution in [0.15, 0.2) is 12.3 Å². The van der Waals surface area contributed by atoms with Crippen LogP contribution in [-0.2, 0) is 4.79 Å². The second-order valence-corrected chi connectivity index (χ2v) is 3.03. The molecule has 1 heterocycles. The Morgan fingerprint density at radius 1 is 1.77 bits per heavy atom. The van der Waals surface area contributed by atoms with Gasteiger partial charge < -0.3 is 5.11 Å². The first-order chi connectivity index (χ1) is 6.02. The number of aromatic nitrogens is 1. The Kier molecular flexibility index (Phi) is 2.83. The van der Waals surface area contributed by atoms with Crippen LogP contribution in [0.2, 0.25) is 5.02 Å². The van der Waals surface area contributed by atoms with Gasteiger partial charge in [-0.1, -0.05) is 11.6 Å². The van der Waals surface area contributed by atoms with E-state index in [9.17, 15) is 9.18 Å². The molecule has 1 unspecified atom stereocenters. The summed E-state index contributed by atoms with van der Waals surface area (Å²) in [6.45, 7) is 1.37. The minimum atomic E-state index is -1.11. The van der Waals surface area contributed by atoms with Crippen molar-refractivity contribution in [2.75, 3.05) is 0 Å². The van der Waals surface area contributed by atoms with Crippen LogP contribution in [0.5, 0.6) is 0 Å². The van der Waals surface area contributed by atoms with Gasteiger partial charge in [0.05, 0.1) is 10.9 Å². The van der Waals surface area contributed by atoms with E-state index in [0.29, 0.717) is 0 Å². The van der Waals surface area contributed by atoms with Crippen LogP contribution < -0.4 is 0 Å². The molecule has 1 atom stereocenters. The molecular weight excluding hydrogens is 197 g/mol. The molecule has 13 heavy (non-hydrogen) atoms. The van der Waals surface area contributed by atoms with Crippen molar-refractivity contribution in [2.45, 2.75) is 12.8 Å². The van der Waals surface area contributed by atoms with Gasteiger partial charge in [-0.15, -0.1) is 0 Å². The first-order valence-electron chi connectivity index (χ1n) is 3.56. The molecule has 0 saturated heterocycles. The number of pyridine rings is 1. The van der Waals surface area contributed by atoms with E-state index >= 15 is 0 Å². The molecule has 0 fully saturated rings. The Labute approximate surface area is 79.2 Å². The van der Waals surface area contributed by atoms with Gasteiger partial charge in [0.2, 0.25) is 5.95 Å². The van der Waals surface area contributed by atoms with E-state index in [1.807, 2.05) is 0 Å². The molecule has 1 aromatic rings. The number of halogens is 2. The highest BCUT2D eigenvalue weighted by atomic mass is 35.5. The standard InChI is InChI=1S/C8H7ClFNO2/c1-4(8(12)13)6-2-5(9)3-11-7(6)10/h2-4H,1H3,(H,12,13).